The Balaban J connectivity index is 0.000000414. The van der Waals surface area contributed by atoms with Gasteiger partial charge in [0.15, 0.2) is 23.0 Å². The number of para-hydroxylation sites is 2. The van der Waals surface area contributed by atoms with Gasteiger partial charge in [-0.25, -0.2) is 9.78 Å². The predicted octanol–water partition coefficient (Wildman–Crippen LogP) is 1.87. The second kappa shape index (κ2) is 14.6. The molecule has 0 bridgehead atoms. The van der Waals surface area contributed by atoms with Crippen molar-refractivity contribution in [1.29, 1.82) is 0 Å². The lowest BCUT2D eigenvalue weighted by molar-refractivity contribution is -0.141. The van der Waals surface area contributed by atoms with Crippen LogP contribution in [-0.2, 0) is 19.7 Å². The molecular formula is C28H35N5O10S. The van der Waals surface area contributed by atoms with Crippen LogP contribution in [0.5, 0.6) is 23.0 Å². The number of aromatic nitrogens is 2. The van der Waals surface area contributed by atoms with E-state index in [-0.39, 0.29) is 18.1 Å². The van der Waals surface area contributed by atoms with Crippen molar-refractivity contribution in [2.45, 2.75) is 13.0 Å². The number of carbonyl (C=O) groups is 2. The largest absolute Gasteiger partial charge is 0.493 e. The number of carbonyl (C=O) groups excluding carboxylic acids is 1. The van der Waals surface area contributed by atoms with Crippen LogP contribution < -0.4 is 29.6 Å². The number of anilines is 2. The standard InChI is InChI=1S/C23H25N5O5.C4H6O2.CH4O3S/c1-30-18-11-14-15(12-19(18)31-2)25-23(26-21(14)24)28-9-7-27(8-10-28)22(29)20-13-32-16-5-3-4-6-17(16)33-20;1-3(2)4(5)6;1-5(2,3)4/h3-6,11-12,20H,7-10,13H2,1-2H3,(H2,24,25,26);1H2,2H3,(H,5,6);1H3,(H,2,3,4). The average Bonchev–Trinajstić information content (AvgIpc) is 2.99. The predicted molar refractivity (Wildman–Crippen MR) is 162 cm³/mol. The topological polar surface area (TPSA) is 204 Å². The molecule has 2 aliphatic rings. The van der Waals surface area contributed by atoms with Crippen LogP contribution in [0, 0.1) is 0 Å². The van der Waals surface area contributed by atoms with Gasteiger partial charge >= 0.3 is 5.97 Å². The summed E-state index contributed by atoms with van der Waals surface area (Å²) in [4.78, 5) is 35.6. The first-order valence-electron chi connectivity index (χ1n) is 13.1. The molecule has 0 saturated carbocycles. The lowest BCUT2D eigenvalue weighted by atomic mass is 10.2. The molecule has 0 aliphatic carbocycles. The maximum atomic E-state index is 13.0. The zero-order chi connectivity index (χ0) is 32.6. The number of rotatable bonds is 5. The number of nitrogen functional groups attached to an aromatic ring is 1. The molecule has 2 aliphatic heterocycles. The number of hydrogen-bond donors (Lipinski definition) is 3. The van der Waals surface area contributed by atoms with Gasteiger partial charge in [0, 0.05) is 43.2 Å². The number of aliphatic carboxylic acids is 1. The Morgan fingerprint density at radius 3 is 2.14 bits per heavy atom. The van der Waals surface area contributed by atoms with Crippen LogP contribution in [0.2, 0.25) is 0 Å². The highest BCUT2D eigenvalue weighted by Gasteiger charge is 2.33. The van der Waals surface area contributed by atoms with Gasteiger partial charge in [0.05, 0.1) is 26.0 Å². The third-order valence-electron chi connectivity index (χ3n) is 6.24. The van der Waals surface area contributed by atoms with Crippen LogP contribution >= 0.6 is 0 Å². The minimum atomic E-state index is -3.67. The molecule has 4 N–H and O–H groups in total. The molecule has 2 aromatic carbocycles. The zero-order valence-electron chi connectivity index (χ0n) is 24.7. The number of carboxylic acids is 1. The lowest BCUT2D eigenvalue weighted by Gasteiger charge is -2.37. The van der Waals surface area contributed by atoms with Crippen molar-refractivity contribution in [1.82, 2.24) is 14.9 Å². The normalized spacial score (nSPS) is 15.6. The molecule has 1 aromatic heterocycles. The van der Waals surface area contributed by atoms with Gasteiger partial charge in [-0.2, -0.15) is 13.4 Å². The van der Waals surface area contributed by atoms with E-state index in [1.807, 2.05) is 23.1 Å². The van der Waals surface area contributed by atoms with Gasteiger partial charge in [-0.15, -0.1) is 0 Å². The zero-order valence-corrected chi connectivity index (χ0v) is 25.5. The van der Waals surface area contributed by atoms with Gasteiger partial charge in [0.2, 0.25) is 12.1 Å². The molecule has 16 heteroatoms. The number of carboxylic acid groups (broad SMARTS) is 1. The van der Waals surface area contributed by atoms with E-state index >= 15 is 0 Å². The van der Waals surface area contributed by atoms with Crippen molar-refractivity contribution < 1.29 is 46.6 Å². The number of piperazine rings is 1. The molecule has 1 atom stereocenters. The van der Waals surface area contributed by atoms with Crippen molar-refractivity contribution in [3.8, 4) is 23.0 Å². The van der Waals surface area contributed by atoms with Gasteiger partial charge in [-0.3, -0.25) is 9.35 Å². The van der Waals surface area contributed by atoms with Gasteiger partial charge < -0.3 is 39.6 Å². The number of fused-ring (bicyclic) bond motifs is 2. The number of benzene rings is 2. The number of nitrogens with zero attached hydrogens (tertiary/aromatic N) is 4. The van der Waals surface area contributed by atoms with E-state index in [0.29, 0.717) is 78.1 Å². The number of nitrogens with two attached hydrogens (primary N) is 1. The Bertz CT molecular complexity index is 1600. The van der Waals surface area contributed by atoms with Crippen LogP contribution in [0.25, 0.3) is 10.9 Å². The van der Waals surface area contributed by atoms with Crippen molar-refractivity contribution >= 4 is 44.7 Å². The Morgan fingerprint density at radius 1 is 1.05 bits per heavy atom. The summed E-state index contributed by atoms with van der Waals surface area (Å²) in [5.41, 5.74) is 7.06. The van der Waals surface area contributed by atoms with Gasteiger partial charge in [0.25, 0.3) is 16.0 Å². The van der Waals surface area contributed by atoms with Crippen LogP contribution in [0.1, 0.15) is 6.92 Å². The number of ether oxygens (including phenoxy) is 4. The maximum absolute atomic E-state index is 13.0. The highest BCUT2D eigenvalue weighted by Crippen LogP contribution is 2.34. The lowest BCUT2D eigenvalue weighted by Crippen LogP contribution is -2.54. The van der Waals surface area contributed by atoms with E-state index in [4.69, 9.17) is 34.3 Å². The molecule has 1 unspecified atom stereocenters. The first-order chi connectivity index (χ1) is 20.7. The smallest absolute Gasteiger partial charge is 0.330 e. The monoisotopic (exact) mass is 633 g/mol. The van der Waals surface area contributed by atoms with Crippen LogP contribution in [-0.4, -0.2) is 104 Å². The summed E-state index contributed by atoms with van der Waals surface area (Å²) >= 11 is 0. The average molecular weight is 634 g/mol. The molecule has 0 radical (unpaired) electrons. The third kappa shape index (κ3) is 9.08. The molecule has 3 heterocycles. The van der Waals surface area contributed by atoms with Gasteiger partial charge in [-0.1, -0.05) is 18.7 Å². The molecular weight excluding hydrogens is 598 g/mol. The quantitative estimate of drug-likeness (QED) is 0.271. The Hall–Kier alpha value is -4.83. The fourth-order valence-corrected chi connectivity index (χ4v) is 4.08. The number of methoxy groups -OCH3 is 2. The Kier molecular flexibility index (Phi) is 11.1. The molecule has 0 spiro atoms. The maximum Gasteiger partial charge on any atom is 0.330 e. The summed E-state index contributed by atoms with van der Waals surface area (Å²) in [6.07, 6.45) is 0.0639. The molecule has 5 rings (SSSR count). The second-order valence-corrected chi connectivity index (χ2v) is 11.1. The van der Waals surface area contributed by atoms with Crippen molar-refractivity contribution in [2.24, 2.45) is 0 Å². The first-order valence-corrected chi connectivity index (χ1v) is 15.0. The minimum Gasteiger partial charge on any atom is -0.493 e. The van der Waals surface area contributed by atoms with E-state index in [1.165, 1.54) is 6.92 Å². The Labute approximate surface area is 254 Å². The summed E-state index contributed by atoms with van der Waals surface area (Å²) in [5, 5.41) is 8.59. The van der Waals surface area contributed by atoms with E-state index < -0.39 is 22.2 Å². The third-order valence-corrected chi connectivity index (χ3v) is 6.24. The second-order valence-electron chi connectivity index (χ2n) is 9.63. The molecule has 44 heavy (non-hydrogen) atoms. The van der Waals surface area contributed by atoms with E-state index in [2.05, 4.69) is 16.5 Å². The molecule has 1 amide bonds. The SMILES string of the molecule is C=C(C)C(=O)O.COc1cc2nc(N3CCN(C(=O)C4COc5ccccc5O4)CC3)nc(N)c2cc1OC.CS(=O)(=O)O. The van der Waals surface area contributed by atoms with Crippen LogP contribution in [0.3, 0.4) is 0 Å². The van der Waals surface area contributed by atoms with Crippen molar-refractivity contribution in [2.75, 3.05) is 63.9 Å². The summed E-state index contributed by atoms with van der Waals surface area (Å²) in [6.45, 7) is 7.00. The van der Waals surface area contributed by atoms with E-state index in [1.54, 1.807) is 37.3 Å². The summed E-state index contributed by atoms with van der Waals surface area (Å²) in [6, 6.07) is 10.9. The van der Waals surface area contributed by atoms with Crippen molar-refractivity contribution in [3.05, 3.63) is 48.6 Å². The highest BCUT2D eigenvalue weighted by atomic mass is 32.2. The molecule has 1 saturated heterocycles. The Morgan fingerprint density at radius 2 is 1.59 bits per heavy atom. The van der Waals surface area contributed by atoms with E-state index in [0.717, 1.165) is 0 Å². The van der Waals surface area contributed by atoms with E-state index in [9.17, 15) is 18.0 Å². The summed E-state index contributed by atoms with van der Waals surface area (Å²) < 4.78 is 48.2. The number of amides is 1. The van der Waals surface area contributed by atoms with Crippen LogP contribution in [0.15, 0.2) is 48.6 Å². The minimum absolute atomic E-state index is 0.0834. The van der Waals surface area contributed by atoms with Gasteiger partial charge in [0.1, 0.15) is 12.4 Å². The fraction of sp³-hybridized carbons (Fsp3) is 0.357. The summed E-state index contributed by atoms with van der Waals surface area (Å²) in [5.74, 6) is 2.25. The number of hydrogen-bond acceptors (Lipinski definition) is 12. The first kappa shape index (κ1) is 33.7. The molecule has 15 nitrogen and oxygen atoms in total. The van der Waals surface area contributed by atoms with Gasteiger partial charge in [-0.05, 0) is 25.1 Å². The molecule has 1 fully saturated rings. The molecule has 238 valence electrons. The van der Waals surface area contributed by atoms with Crippen molar-refractivity contribution in [3.63, 3.8) is 0 Å². The highest BCUT2D eigenvalue weighted by molar-refractivity contribution is 7.85. The fourth-order valence-electron chi connectivity index (χ4n) is 4.08. The summed E-state index contributed by atoms with van der Waals surface area (Å²) in [7, 11) is -0.524. The van der Waals surface area contributed by atoms with Crippen LogP contribution in [0.4, 0.5) is 11.8 Å². The molecule has 3 aromatic rings.